The smallest absolute Gasteiger partial charge is 0.404 e. The largest absolute Gasteiger partial charge is 0.454 e. The van der Waals surface area contributed by atoms with Crippen LogP contribution < -0.4 is 0 Å². The number of halogens is 3. The van der Waals surface area contributed by atoms with Crippen LogP contribution in [0.3, 0.4) is 0 Å². The Balaban J connectivity index is 2.49. The maximum absolute atomic E-state index is 13.4. The fraction of sp³-hybridized carbons (Fsp3) is 0.450. The van der Waals surface area contributed by atoms with Crippen LogP contribution in [-0.2, 0) is 15.1 Å². The lowest BCUT2D eigenvalue weighted by atomic mass is 9.85. The third-order valence-electron chi connectivity index (χ3n) is 5.14. The summed E-state index contributed by atoms with van der Waals surface area (Å²) in [5.74, 6) is -1.24. The number of esters is 1. The molecule has 0 bridgehead atoms. The molecule has 0 fully saturated rings. The number of carbonyl (C=O) groups is 1. The minimum atomic E-state index is -4.66. The van der Waals surface area contributed by atoms with Crippen LogP contribution >= 0.6 is 0 Å². The Bertz CT molecular complexity index is 764. The molecular weight excluding hydrogens is 329 g/mol. The third kappa shape index (κ3) is 3.37. The Kier molecular flexibility index (Phi) is 5.17. The van der Waals surface area contributed by atoms with Gasteiger partial charge in [-0.05, 0) is 37.5 Å². The molecule has 0 amide bonds. The van der Waals surface area contributed by atoms with E-state index >= 15 is 0 Å². The molecule has 0 aromatic heterocycles. The molecule has 0 spiro atoms. The molecule has 0 saturated heterocycles. The van der Waals surface area contributed by atoms with E-state index in [9.17, 15) is 18.0 Å². The normalized spacial score (nSPS) is 16.9. The maximum Gasteiger partial charge on any atom is 0.404 e. The molecule has 0 radical (unpaired) electrons. The van der Waals surface area contributed by atoms with E-state index in [1.807, 2.05) is 36.4 Å². The topological polar surface area (TPSA) is 26.3 Å². The maximum atomic E-state index is 13.4. The Hall–Kier alpha value is -2.04. The lowest BCUT2D eigenvalue weighted by molar-refractivity contribution is -0.238. The zero-order valence-corrected chi connectivity index (χ0v) is 14.9. The van der Waals surface area contributed by atoms with Crippen LogP contribution in [0, 0.1) is 5.41 Å². The van der Waals surface area contributed by atoms with E-state index in [0.29, 0.717) is 12.0 Å². The molecule has 0 aliphatic heterocycles. The summed E-state index contributed by atoms with van der Waals surface area (Å²) in [7, 11) is 0. The molecule has 2 unspecified atom stereocenters. The Morgan fingerprint density at radius 3 is 2.12 bits per heavy atom. The van der Waals surface area contributed by atoms with Crippen molar-refractivity contribution >= 4 is 16.7 Å². The molecule has 25 heavy (non-hydrogen) atoms. The van der Waals surface area contributed by atoms with E-state index in [1.54, 1.807) is 19.9 Å². The number of ether oxygens (including phenoxy) is 1. The van der Waals surface area contributed by atoms with Crippen molar-refractivity contribution in [2.24, 2.45) is 5.41 Å². The van der Waals surface area contributed by atoms with Gasteiger partial charge in [0.25, 0.3) is 0 Å². The van der Waals surface area contributed by atoms with Gasteiger partial charge in [0.2, 0.25) is 0 Å². The van der Waals surface area contributed by atoms with Crippen LogP contribution in [0.2, 0.25) is 0 Å². The van der Waals surface area contributed by atoms with Crippen molar-refractivity contribution in [1.29, 1.82) is 0 Å². The summed E-state index contributed by atoms with van der Waals surface area (Å²) in [5.41, 5.74) is -2.95. The highest BCUT2D eigenvalue weighted by atomic mass is 19.4. The van der Waals surface area contributed by atoms with Gasteiger partial charge in [0.05, 0.1) is 0 Å². The molecule has 136 valence electrons. The summed E-state index contributed by atoms with van der Waals surface area (Å²) in [6, 6.07) is 13.1. The van der Waals surface area contributed by atoms with Crippen LogP contribution in [0.4, 0.5) is 13.2 Å². The first-order valence-electron chi connectivity index (χ1n) is 8.37. The van der Waals surface area contributed by atoms with E-state index in [-0.39, 0.29) is 6.42 Å². The first kappa shape index (κ1) is 19.3. The predicted molar refractivity (Wildman–Crippen MR) is 92.1 cm³/mol. The van der Waals surface area contributed by atoms with Crippen molar-refractivity contribution in [2.45, 2.75) is 52.3 Å². The first-order chi connectivity index (χ1) is 11.6. The van der Waals surface area contributed by atoms with E-state index in [2.05, 4.69) is 0 Å². The highest BCUT2D eigenvalue weighted by Crippen LogP contribution is 2.44. The number of rotatable bonds is 5. The second-order valence-electron chi connectivity index (χ2n) is 6.68. The number of alkyl halides is 3. The number of benzene rings is 2. The molecule has 5 heteroatoms. The van der Waals surface area contributed by atoms with Gasteiger partial charge in [0.15, 0.2) is 5.41 Å². The second kappa shape index (κ2) is 6.70. The van der Waals surface area contributed by atoms with Crippen molar-refractivity contribution in [1.82, 2.24) is 0 Å². The summed E-state index contributed by atoms with van der Waals surface area (Å²) < 4.78 is 45.7. The summed E-state index contributed by atoms with van der Waals surface area (Å²) in [6.45, 7) is 5.70. The Morgan fingerprint density at radius 1 is 0.960 bits per heavy atom. The number of fused-ring (bicyclic) bond motifs is 1. The fourth-order valence-electron chi connectivity index (χ4n) is 2.78. The zero-order chi connectivity index (χ0) is 18.9. The molecule has 2 aromatic carbocycles. The van der Waals surface area contributed by atoms with Gasteiger partial charge < -0.3 is 4.74 Å². The van der Waals surface area contributed by atoms with Crippen molar-refractivity contribution in [2.75, 3.05) is 0 Å². The summed E-state index contributed by atoms with van der Waals surface area (Å²) in [6.07, 6.45) is -4.67. The first-order valence-corrected chi connectivity index (χ1v) is 8.37. The van der Waals surface area contributed by atoms with Crippen LogP contribution in [0.5, 0.6) is 0 Å². The molecule has 2 atom stereocenters. The molecule has 0 heterocycles. The van der Waals surface area contributed by atoms with E-state index in [0.717, 1.165) is 17.7 Å². The molecule has 2 rings (SSSR count). The lowest BCUT2D eigenvalue weighted by Gasteiger charge is -2.36. The van der Waals surface area contributed by atoms with Crippen LogP contribution in [0.25, 0.3) is 10.8 Å². The minimum Gasteiger partial charge on any atom is -0.454 e. The quantitative estimate of drug-likeness (QED) is 0.618. The van der Waals surface area contributed by atoms with Gasteiger partial charge in [0.1, 0.15) is 5.60 Å². The average molecular weight is 352 g/mol. The predicted octanol–water partition coefficient (Wildman–Crippen LogP) is 5.99. The van der Waals surface area contributed by atoms with Gasteiger partial charge in [-0.15, -0.1) is 0 Å². The van der Waals surface area contributed by atoms with E-state index < -0.39 is 23.2 Å². The van der Waals surface area contributed by atoms with Crippen LogP contribution in [-0.4, -0.2) is 12.1 Å². The highest BCUT2D eigenvalue weighted by molar-refractivity contribution is 5.87. The third-order valence-corrected chi connectivity index (χ3v) is 5.14. The average Bonchev–Trinajstić information content (AvgIpc) is 2.59. The minimum absolute atomic E-state index is 0.365. The van der Waals surface area contributed by atoms with Crippen LogP contribution in [0.15, 0.2) is 42.5 Å². The number of carbonyl (C=O) groups excluding carboxylic acids is 1. The molecule has 2 nitrogen and oxygen atoms in total. The fourth-order valence-corrected chi connectivity index (χ4v) is 2.78. The van der Waals surface area contributed by atoms with E-state index in [1.165, 1.54) is 6.92 Å². The number of hydrogen-bond acceptors (Lipinski definition) is 2. The van der Waals surface area contributed by atoms with Gasteiger partial charge in [-0.1, -0.05) is 56.3 Å². The Morgan fingerprint density at radius 2 is 1.56 bits per heavy atom. The van der Waals surface area contributed by atoms with Gasteiger partial charge in [-0.2, -0.15) is 13.2 Å². The van der Waals surface area contributed by atoms with Crippen molar-refractivity contribution in [3.05, 3.63) is 48.0 Å². The monoisotopic (exact) mass is 352 g/mol. The molecule has 0 aliphatic rings. The van der Waals surface area contributed by atoms with Crippen molar-refractivity contribution < 1.29 is 22.7 Å². The van der Waals surface area contributed by atoms with Gasteiger partial charge in [-0.25, -0.2) is 0 Å². The molecule has 2 aromatic rings. The summed E-state index contributed by atoms with van der Waals surface area (Å²) in [5, 5.41) is 1.82. The second-order valence-corrected chi connectivity index (χ2v) is 6.68. The summed E-state index contributed by atoms with van der Waals surface area (Å²) in [4.78, 5) is 12.5. The standard InChI is InChI=1S/C20H23F3O2/c1-5-18(3,20(21,22)23)17(24)25-19(4,6-2)16-13-9-11-14-10-7-8-12-15(14)16/h7-13H,5-6H2,1-4H3. The van der Waals surface area contributed by atoms with Gasteiger partial charge in [-0.3, -0.25) is 4.79 Å². The van der Waals surface area contributed by atoms with Crippen LogP contribution in [0.1, 0.15) is 46.1 Å². The van der Waals surface area contributed by atoms with E-state index in [4.69, 9.17) is 4.74 Å². The lowest BCUT2D eigenvalue weighted by Crippen LogP contribution is -2.46. The molecular formula is C20H23F3O2. The van der Waals surface area contributed by atoms with Gasteiger partial charge in [0, 0.05) is 5.56 Å². The SMILES string of the molecule is CCC(C)(OC(=O)C(C)(CC)C(F)(F)F)c1cccc2ccccc12. The Labute approximate surface area is 146 Å². The zero-order valence-electron chi connectivity index (χ0n) is 14.9. The molecule has 0 N–H and O–H groups in total. The van der Waals surface area contributed by atoms with Gasteiger partial charge >= 0.3 is 12.1 Å². The molecule has 0 saturated carbocycles. The highest BCUT2D eigenvalue weighted by Gasteiger charge is 2.57. The number of hydrogen-bond donors (Lipinski definition) is 0. The van der Waals surface area contributed by atoms with Crippen molar-refractivity contribution in [3.8, 4) is 0 Å². The molecule has 0 aliphatic carbocycles. The van der Waals surface area contributed by atoms with Crippen molar-refractivity contribution in [3.63, 3.8) is 0 Å². The summed E-state index contributed by atoms with van der Waals surface area (Å²) >= 11 is 0.